The lowest BCUT2D eigenvalue weighted by molar-refractivity contribution is 0.388. The van der Waals surface area contributed by atoms with E-state index in [4.69, 9.17) is 9.78 Å². The highest BCUT2D eigenvalue weighted by atomic mass is 16.5. The predicted octanol–water partition coefficient (Wildman–Crippen LogP) is 6.27. The molecule has 0 spiro atoms. The van der Waals surface area contributed by atoms with Crippen LogP contribution >= 0.6 is 0 Å². The largest absolute Gasteiger partial charge is 0.338 e. The third-order valence-electron chi connectivity index (χ3n) is 4.73. The Bertz CT molecular complexity index is 655. The predicted molar refractivity (Wildman–Crippen MR) is 105 cm³/mol. The molecular formula is C22H31N3O. The molecule has 0 bridgehead atoms. The van der Waals surface area contributed by atoms with Gasteiger partial charge in [-0.3, -0.25) is 0 Å². The highest BCUT2D eigenvalue weighted by molar-refractivity contribution is 5.54. The van der Waals surface area contributed by atoms with Crippen LogP contribution in [0.3, 0.4) is 0 Å². The molecule has 1 heterocycles. The van der Waals surface area contributed by atoms with Crippen LogP contribution in [0.15, 0.2) is 28.8 Å². The van der Waals surface area contributed by atoms with Crippen molar-refractivity contribution in [2.75, 3.05) is 0 Å². The lowest BCUT2D eigenvalue weighted by Gasteiger charge is -2.04. The zero-order valence-corrected chi connectivity index (χ0v) is 16.0. The fraction of sp³-hybridized carbons (Fsp3) is 0.591. The van der Waals surface area contributed by atoms with Crippen LogP contribution in [-0.4, -0.2) is 10.1 Å². The molecule has 1 aromatic carbocycles. The number of nitriles is 1. The van der Waals surface area contributed by atoms with Gasteiger partial charge in [0.05, 0.1) is 6.07 Å². The van der Waals surface area contributed by atoms with Gasteiger partial charge in [-0.2, -0.15) is 10.2 Å². The summed E-state index contributed by atoms with van der Waals surface area (Å²) in [6, 6.07) is 10.4. The molecule has 2 aromatic rings. The molecule has 4 heteroatoms. The van der Waals surface area contributed by atoms with Gasteiger partial charge in [0.25, 0.3) is 0 Å². The van der Waals surface area contributed by atoms with Crippen LogP contribution in [0.1, 0.15) is 82.6 Å². The summed E-state index contributed by atoms with van der Waals surface area (Å²) in [5, 5.41) is 12.6. The van der Waals surface area contributed by atoms with Crippen LogP contribution in [0.4, 0.5) is 0 Å². The smallest absolute Gasteiger partial charge is 0.241 e. The minimum absolute atomic E-state index is 0.157. The van der Waals surface area contributed by atoms with Gasteiger partial charge in [0.15, 0.2) is 0 Å². The quantitative estimate of drug-likeness (QED) is 0.398. The third kappa shape index (κ3) is 7.39. The molecule has 0 unspecified atom stereocenters. The van der Waals surface area contributed by atoms with Gasteiger partial charge in [0.1, 0.15) is 6.42 Å². The van der Waals surface area contributed by atoms with E-state index in [0.29, 0.717) is 11.7 Å². The fourth-order valence-corrected chi connectivity index (χ4v) is 3.15. The van der Waals surface area contributed by atoms with Crippen LogP contribution in [-0.2, 0) is 12.8 Å². The van der Waals surface area contributed by atoms with E-state index >= 15 is 0 Å². The number of aryl methyl sites for hydroxylation is 1. The fourth-order valence-electron chi connectivity index (χ4n) is 3.15. The van der Waals surface area contributed by atoms with Crippen LogP contribution in [0.2, 0.25) is 0 Å². The van der Waals surface area contributed by atoms with Crippen molar-refractivity contribution in [2.24, 2.45) is 0 Å². The maximum absolute atomic E-state index is 8.65. The van der Waals surface area contributed by atoms with E-state index in [9.17, 15) is 0 Å². The molecule has 26 heavy (non-hydrogen) atoms. The van der Waals surface area contributed by atoms with Gasteiger partial charge in [0.2, 0.25) is 11.7 Å². The summed E-state index contributed by atoms with van der Waals surface area (Å²) in [6.07, 6.45) is 15.0. The molecule has 140 valence electrons. The first-order chi connectivity index (χ1) is 12.8. The van der Waals surface area contributed by atoms with E-state index in [0.717, 1.165) is 12.0 Å². The van der Waals surface area contributed by atoms with E-state index in [1.807, 2.05) is 18.2 Å². The molecule has 0 amide bonds. The summed E-state index contributed by atoms with van der Waals surface area (Å²) in [5.41, 5.74) is 2.29. The van der Waals surface area contributed by atoms with E-state index < -0.39 is 0 Å². The van der Waals surface area contributed by atoms with Crippen molar-refractivity contribution in [1.82, 2.24) is 10.1 Å². The van der Waals surface area contributed by atoms with Gasteiger partial charge in [-0.05, 0) is 18.4 Å². The van der Waals surface area contributed by atoms with Crippen LogP contribution in [0, 0.1) is 11.3 Å². The number of hydrogen-bond acceptors (Lipinski definition) is 4. The van der Waals surface area contributed by atoms with E-state index in [1.165, 1.54) is 69.8 Å². The summed E-state index contributed by atoms with van der Waals surface area (Å²) >= 11 is 0. The molecule has 0 saturated heterocycles. The number of aromatic nitrogens is 2. The third-order valence-corrected chi connectivity index (χ3v) is 4.73. The first-order valence-corrected chi connectivity index (χ1v) is 10.1. The van der Waals surface area contributed by atoms with E-state index in [1.54, 1.807) is 0 Å². The molecule has 0 fully saturated rings. The zero-order valence-electron chi connectivity index (χ0n) is 16.0. The standard InChI is InChI=1S/C22H31N3O/c1-2-3-4-5-6-7-8-9-10-11-12-19-13-15-20(16-14-19)22-24-21(17-18-23)26-25-22/h13-16H,2-12,17H2,1H3. The molecule has 1 aromatic heterocycles. The second-order valence-electron chi connectivity index (χ2n) is 6.98. The normalized spacial score (nSPS) is 10.8. The monoisotopic (exact) mass is 353 g/mol. The minimum Gasteiger partial charge on any atom is -0.338 e. The van der Waals surface area contributed by atoms with E-state index in [-0.39, 0.29) is 6.42 Å². The molecule has 0 N–H and O–H groups in total. The molecule has 4 nitrogen and oxygen atoms in total. The summed E-state index contributed by atoms with van der Waals surface area (Å²) < 4.78 is 5.04. The molecular weight excluding hydrogens is 322 g/mol. The molecule has 0 aliphatic carbocycles. The molecule has 0 aliphatic rings. The Morgan fingerprint density at radius 2 is 1.50 bits per heavy atom. The van der Waals surface area contributed by atoms with Gasteiger partial charge in [0, 0.05) is 5.56 Å². The molecule has 2 rings (SSSR count). The second-order valence-corrected chi connectivity index (χ2v) is 6.98. The minimum atomic E-state index is 0.157. The van der Waals surface area contributed by atoms with Crippen molar-refractivity contribution in [3.63, 3.8) is 0 Å². The Kier molecular flexibility index (Phi) is 9.50. The Labute approximate surface area is 157 Å². The number of nitrogens with zero attached hydrogens (tertiary/aromatic N) is 3. The first-order valence-electron chi connectivity index (χ1n) is 10.1. The second kappa shape index (κ2) is 12.2. The van der Waals surface area contributed by atoms with Gasteiger partial charge in [-0.1, -0.05) is 94.1 Å². The highest BCUT2D eigenvalue weighted by Gasteiger charge is 2.08. The van der Waals surface area contributed by atoms with Gasteiger partial charge < -0.3 is 4.52 Å². The molecule has 0 saturated carbocycles. The molecule has 0 atom stereocenters. The summed E-state index contributed by atoms with van der Waals surface area (Å²) in [6.45, 7) is 2.27. The first kappa shape index (κ1) is 20.2. The van der Waals surface area contributed by atoms with Crippen molar-refractivity contribution in [2.45, 2.75) is 84.0 Å². The topological polar surface area (TPSA) is 62.7 Å². The van der Waals surface area contributed by atoms with Gasteiger partial charge in [-0.25, -0.2) is 0 Å². The summed E-state index contributed by atoms with van der Waals surface area (Å²) in [7, 11) is 0. The maximum atomic E-state index is 8.65. The van der Waals surface area contributed by atoms with Crippen LogP contribution in [0.5, 0.6) is 0 Å². The lowest BCUT2D eigenvalue weighted by Crippen LogP contribution is -1.88. The van der Waals surface area contributed by atoms with Crippen molar-refractivity contribution in [3.8, 4) is 17.5 Å². The van der Waals surface area contributed by atoms with Crippen molar-refractivity contribution in [3.05, 3.63) is 35.7 Å². The van der Waals surface area contributed by atoms with Gasteiger partial charge in [-0.15, -0.1) is 0 Å². The van der Waals surface area contributed by atoms with Crippen molar-refractivity contribution in [1.29, 1.82) is 5.26 Å². The SMILES string of the molecule is CCCCCCCCCCCCc1ccc(-c2noc(CC#N)n2)cc1. The molecule has 0 radical (unpaired) electrons. The average Bonchev–Trinajstić information content (AvgIpc) is 3.13. The Balaban J connectivity index is 1.60. The Morgan fingerprint density at radius 1 is 0.885 bits per heavy atom. The number of benzene rings is 1. The van der Waals surface area contributed by atoms with Crippen molar-refractivity contribution >= 4 is 0 Å². The maximum Gasteiger partial charge on any atom is 0.241 e. The number of rotatable bonds is 13. The summed E-state index contributed by atoms with van der Waals surface area (Å²) in [4.78, 5) is 4.23. The highest BCUT2D eigenvalue weighted by Crippen LogP contribution is 2.18. The van der Waals surface area contributed by atoms with E-state index in [2.05, 4.69) is 29.2 Å². The Morgan fingerprint density at radius 3 is 2.12 bits per heavy atom. The van der Waals surface area contributed by atoms with Crippen molar-refractivity contribution < 1.29 is 4.52 Å². The van der Waals surface area contributed by atoms with Crippen LogP contribution in [0.25, 0.3) is 11.4 Å². The Hall–Kier alpha value is -2.15. The lowest BCUT2D eigenvalue weighted by atomic mass is 10.0. The van der Waals surface area contributed by atoms with Gasteiger partial charge >= 0.3 is 0 Å². The molecule has 0 aliphatic heterocycles. The van der Waals surface area contributed by atoms with Crippen LogP contribution < -0.4 is 0 Å². The average molecular weight is 354 g/mol. The zero-order chi connectivity index (χ0) is 18.5. The number of hydrogen-bond donors (Lipinski definition) is 0. The summed E-state index contributed by atoms with van der Waals surface area (Å²) in [5.74, 6) is 0.928. The number of unbranched alkanes of at least 4 members (excludes halogenated alkanes) is 9.